The van der Waals surface area contributed by atoms with Crippen LogP contribution in [0.4, 0.5) is 16.2 Å². The van der Waals surface area contributed by atoms with E-state index in [1.165, 1.54) is 18.2 Å². The van der Waals surface area contributed by atoms with E-state index < -0.39 is 22.9 Å². The summed E-state index contributed by atoms with van der Waals surface area (Å²) in [5, 5.41) is 19.1. The van der Waals surface area contributed by atoms with E-state index in [9.17, 15) is 19.7 Å². The van der Waals surface area contributed by atoms with Crippen LogP contribution in [-0.4, -0.2) is 16.9 Å². The zero-order chi connectivity index (χ0) is 19.6. The number of amides is 3. The molecule has 1 aliphatic rings. The van der Waals surface area contributed by atoms with Crippen LogP contribution >= 0.6 is 0 Å². The zero-order valence-corrected chi connectivity index (χ0v) is 14.8. The summed E-state index contributed by atoms with van der Waals surface area (Å²) < 4.78 is 0. The monoisotopic (exact) mass is 366 g/mol. The molecule has 0 spiro atoms. The van der Waals surface area contributed by atoms with Crippen molar-refractivity contribution in [1.29, 1.82) is 0 Å². The lowest BCUT2D eigenvalue weighted by molar-refractivity contribution is -0.384. The molecule has 3 amide bonds. The molecular formula is C19H18N4O4. The lowest BCUT2D eigenvalue weighted by atomic mass is 9.94. The Bertz CT molecular complexity index is 950. The smallest absolute Gasteiger partial charge is 0.319 e. The molecule has 8 heteroatoms. The van der Waals surface area contributed by atoms with Gasteiger partial charge in [0, 0.05) is 23.5 Å². The fourth-order valence-electron chi connectivity index (χ4n) is 2.90. The van der Waals surface area contributed by atoms with Gasteiger partial charge in [0.25, 0.3) is 11.6 Å². The Hall–Kier alpha value is -3.68. The van der Waals surface area contributed by atoms with Gasteiger partial charge >= 0.3 is 6.03 Å². The molecule has 0 unspecified atom stereocenters. The summed E-state index contributed by atoms with van der Waals surface area (Å²) in [6.07, 6.45) is 0. The average molecular weight is 366 g/mol. The number of carbonyl (C=O) groups excluding carboxylic acids is 2. The molecule has 3 N–H and O–H groups in total. The molecule has 3 rings (SSSR count). The Morgan fingerprint density at radius 2 is 1.85 bits per heavy atom. The van der Waals surface area contributed by atoms with Crippen molar-refractivity contribution < 1.29 is 14.5 Å². The highest BCUT2D eigenvalue weighted by molar-refractivity contribution is 6.06. The summed E-state index contributed by atoms with van der Waals surface area (Å²) in [6.45, 7) is 3.56. The molecular weight excluding hydrogens is 348 g/mol. The van der Waals surface area contributed by atoms with Crippen LogP contribution in [0, 0.1) is 17.0 Å². The minimum atomic E-state index is -0.802. The minimum absolute atomic E-state index is 0.115. The van der Waals surface area contributed by atoms with Crippen LogP contribution in [0.25, 0.3) is 0 Å². The van der Waals surface area contributed by atoms with Gasteiger partial charge in [0.15, 0.2) is 0 Å². The van der Waals surface area contributed by atoms with Crippen LogP contribution in [0.2, 0.25) is 0 Å². The quantitative estimate of drug-likeness (QED) is 0.570. The molecule has 1 aliphatic heterocycles. The fourth-order valence-corrected chi connectivity index (χ4v) is 2.90. The molecule has 1 atom stereocenters. The molecule has 0 saturated heterocycles. The predicted octanol–water partition coefficient (Wildman–Crippen LogP) is 3.17. The zero-order valence-electron chi connectivity index (χ0n) is 14.8. The number of nitrogens with one attached hydrogen (secondary N) is 3. The first-order valence-corrected chi connectivity index (χ1v) is 8.26. The molecule has 27 heavy (non-hydrogen) atoms. The Labute approximate surface area is 155 Å². The molecule has 0 radical (unpaired) electrons. The number of benzene rings is 2. The number of nitrogens with zero attached hydrogens (tertiary/aromatic N) is 1. The molecule has 0 fully saturated rings. The highest BCUT2D eigenvalue weighted by Gasteiger charge is 2.31. The number of non-ortho nitro benzene ring substituents is 1. The lowest BCUT2D eigenvalue weighted by Gasteiger charge is -2.28. The van der Waals surface area contributed by atoms with Crippen LogP contribution in [0.3, 0.4) is 0 Å². The molecule has 0 bridgehead atoms. The van der Waals surface area contributed by atoms with E-state index in [0.717, 1.165) is 5.56 Å². The van der Waals surface area contributed by atoms with Crippen LogP contribution < -0.4 is 16.0 Å². The maximum atomic E-state index is 12.9. The van der Waals surface area contributed by atoms with Gasteiger partial charge in [-0.15, -0.1) is 0 Å². The topological polar surface area (TPSA) is 113 Å². The standard InChI is InChI=1S/C19H18N4O4/c1-11-6-8-14(9-7-11)21-18(24)16-12(2)20-19(25)22-17(16)13-4-3-5-15(10-13)23(26)27/h3-10,17H,1-2H3,(H,21,24)(H2,20,22,25)/t17-/m0/s1. The third kappa shape index (κ3) is 3.95. The number of nitro groups is 1. The van der Waals surface area contributed by atoms with Crippen molar-refractivity contribution in [2.45, 2.75) is 19.9 Å². The number of hydrogen-bond donors (Lipinski definition) is 3. The van der Waals surface area contributed by atoms with E-state index in [1.807, 2.05) is 19.1 Å². The van der Waals surface area contributed by atoms with Crippen LogP contribution in [0.1, 0.15) is 24.1 Å². The molecule has 0 saturated carbocycles. The van der Waals surface area contributed by atoms with Gasteiger partial charge in [-0.05, 0) is 31.5 Å². The van der Waals surface area contributed by atoms with Gasteiger partial charge in [0.2, 0.25) is 0 Å². The fraction of sp³-hybridized carbons (Fsp3) is 0.158. The van der Waals surface area contributed by atoms with Crippen molar-refractivity contribution in [1.82, 2.24) is 10.6 Å². The summed E-state index contributed by atoms with van der Waals surface area (Å²) >= 11 is 0. The summed E-state index contributed by atoms with van der Waals surface area (Å²) in [4.78, 5) is 35.3. The highest BCUT2D eigenvalue weighted by atomic mass is 16.6. The molecule has 2 aromatic rings. The number of aryl methyl sites for hydroxylation is 1. The van der Waals surface area contributed by atoms with E-state index in [4.69, 9.17) is 0 Å². The molecule has 1 heterocycles. The number of anilines is 1. The minimum Gasteiger partial charge on any atom is -0.327 e. The first kappa shape index (κ1) is 18.1. The van der Waals surface area contributed by atoms with Crippen molar-refractivity contribution in [3.05, 3.63) is 81.0 Å². The normalized spacial score (nSPS) is 16.4. The average Bonchev–Trinajstić information content (AvgIpc) is 2.63. The number of carbonyl (C=O) groups is 2. The third-order valence-corrected chi connectivity index (χ3v) is 4.24. The van der Waals surface area contributed by atoms with Crippen molar-refractivity contribution in [3.8, 4) is 0 Å². The number of hydrogen-bond acceptors (Lipinski definition) is 4. The van der Waals surface area contributed by atoms with Crippen LogP contribution in [-0.2, 0) is 4.79 Å². The van der Waals surface area contributed by atoms with E-state index in [1.54, 1.807) is 25.1 Å². The first-order valence-electron chi connectivity index (χ1n) is 8.26. The van der Waals surface area contributed by atoms with Gasteiger partial charge in [-0.2, -0.15) is 0 Å². The molecule has 0 aromatic heterocycles. The summed E-state index contributed by atoms with van der Waals surface area (Å²) in [5.74, 6) is -0.402. The first-order chi connectivity index (χ1) is 12.8. The molecule has 2 aromatic carbocycles. The second-order valence-corrected chi connectivity index (χ2v) is 6.24. The maximum Gasteiger partial charge on any atom is 0.319 e. The van der Waals surface area contributed by atoms with Crippen molar-refractivity contribution in [3.63, 3.8) is 0 Å². The molecule has 8 nitrogen and oxygen atoms in total. The van der Waals surface area contributed by atoms with Gasteiger partial charge in [-0.3, -0.25) is 14.9 Å². The summed E-state index contributed by atoms with van der Waals surface area (Å²) in [7, 11) is 0. The van der Waals surface area contributed by atoms with Crippen LogP contribution in [0.5, 0.6) is 0 Å². The van der Waals surface area contributed by atoms with Crippen molar-refractivity contribution in [2.75, 3.05) is 5.32 Å². The van der Waals surface area contributed by atoms with Gasteiger partial charge < -0.3 is 16.0 Å². The number of urea groups is 1. The van der Waals surface area contributed by atoms with Crippen LogP contribution in [0.15, 0.2) is 59.8 Å². The van der Waals surface area contributed by atoms with Gasteiger partial charge in [-0.1, -0.05) is 29.8 Å². The van der Waals surface area contributed by atoms with E-state index in [2.05, 4.69) is 16.0 Å². The highest BCUT2D eigenvalue weighted by Crippen LogP contribution is 2.29. The second kappa shape index (κ2) is 7.28. The van der Waals surface area contributed by atoms with Crippen molar-refractivity contribution >= 4 is 23.3 Å². The largest absolute Gasteiger partial charge is 0.327 e. The lowest BCUT2D eigenvalue weighted by Crippen LogP contribution is -2.46. The number of rotatable bonds is 4. The third-order valence-electron chi connectivity index (χ3n) is 4.24. The Kier molecular flexibility index (Phi) is 4.89. The van der Waals surface area contributed by atoms with E-state index in [0.29, 0.717) is 16.9 Å². The Balaban J connectivity index is 1.96. The predicted molar refractivity (Wildman–Crippen MR) is 100 cm³/mol. The molecule has 0 aliphatic carbocycles. The SMILES string of the molecule is CC1=C(C(=O)Nc2ccc(C)cc2)[C@H](c2cccc([N+](=O)[O-])c2)NC(=O)N1. The summed E-state index contributed by atoms with van der Waals surface area (Å²) in [5.41, 5.74) is 2.68. The van der Waals surface area contributed by atoms with Crippen molar-refractivity contribution in [2.24, 2.45) is 0 Å². The number of allylic oxidation sites excluding steroid dienone is 1. The molecule has 138 valence electrons. The van der Waals surface area contributed by atoms with Gasteiger partial charge in [0.05, 0.1) is 16.5 Å². The number of nitro benzene ring substituents is 1. The summed E-state index contributed by atoms with van der Waals surface area (Å²) in [6, 6.07) is 11.9. The Morgan fingerprint density at radius 3 is 2.52 bits per heavy atom. The van der Waals surface area contributed by atoms with Gasteiger partial charge in [0.1, 0.15) is 0 Å². The second-order valence-electron chi connectivity index (χ2n) is 6.24. The Morgan fingerprint density at radius 1 is 1.15 bits per heavy atom. The van der Waals surface area contributed by atoms with Gasteiger partial charge in [-0.25, -0.2) is 4.79 Å². The van der Waals surface area contributed by atoms with E-state index >= 15 is 0 Å². The maximum absolute atomic E-state index is 12.9. The van der Waals surface area contributed by atoms with E-state index in [-0.39, 0.29) is 11.3 Å².